The highest BCUT2D eigenvalue weighted by Gasteiger charge is 2.62. The van der Waals surface area contributed by atoms with Gasteiger partial charge in [0.05, 0.1) is 12.0 Å². The predicted octanol–water partition coefficient (Wildman–Crippen LogP) is 3.72. The van der Waals surface area contributed by atoms with Crippen LogP contribution in [0.3, 0.4) is 0 Å². The van der Waals surface area contributed by atoms with Crippen molar-refractivity contribution in [1.29, 1.82) is 0 Å². The smallest absolute Gasteiger partial charge is 0.268 e. The zero-order chi connectivity index (χ0) is 15.7. The summed E-state index contributed by atoms with van der Waals surface area (Å²) in [4.78, 5) is 4.19. The van der Waals surface area contributed by atoms with Gasteiger partial charge < -0.3 is 4.90 Å². The Morgan fingerprint density at radius 3 is 2.24 bits per heavy atom. The second-order valence-corrected chi connectivity index (χ2v) is 7.88. The van der Waals surface area contributed by atoms with E-state index in [0.29, 0.717) is 31.3 Å². The number of alkyl halides is 2. The number of piperidine rings is 1. The number of rotatable bonds is 6. The molecule has 2 saturated heterocycles. The summed E-state index contributed by atoms with van der Waals surface area (Å²) < 4.78 is 29.2. The fraction of sp³-hybridized carbons (Fsp3) is 1.00. The Morgan fingerprint density at radius 1 is 1.05 bits per heavy atom. The summed E-state index contributed by atoms with van der Waals surface area (Å²) in [7, 11) is 0. The van der Waals surface area contributed by atoms with Crippen LogP contribution in [0.15, 0.2) is 0 Å². The Labute approximate surface area is 128 Å². The lowest BCUT2D eigenvalue weighted by molar-refractivity contribution is -0.225. The third kappa shape index (κ3) is 3.76. The standard InChI is InChI=1S/C17H32F2N2/c1-5-15(4)6-8-20-9-7-16(17(18,19)13-20)11-21(12-16)10-14(2)3/h14-15H,5-13H2,1-4H3. The van der Waals surface area contributed by atoms with Crippen molar-refractivity contribution in [2.24, 2.45) is 17.3 Å². The molecule has 0 N–H and O–H groups in total. The van der Waals surface area contributed by atoms with E-state index in [1.165, 1.54) is 0 Å². The first-order valence-corrected chi connectivity index (χ1v) is 8.60. The van der Waals surface area contributed by atoms with Gasteiger partial charge in [-0.3, -0.25) is 4.90 Å². The molecule has 1 spiro atoms. The highest BCUT2D eigenvalue weighted by Crippen LogP contribution is 2.50. The molecule has 21 heavy (non-hydrogen) atoms. The summed E-state index contributed by atoms with van der Waals surface area (Å²) in [6.45, 7) is 12.5. The minimum absolute atomic E-state index is 0.0288. The molecule has 124 valence electrons. The van der Waals surface area contributed by atoms with Crippen LogP contribution in [0.2, 0.25) is 0 Å². The van der Waals surface area contributed by atoms with E-state index >= 15 is 0 Å². The van der Waals surface area contributed by atoms with Gasteiger partial charge in [-0.25, -0.2) is 8.78 Å². The summed E-state index contributed by atoms with van der Waals surface area (Å²) in [5.41, 5.74) is -0.727. The van der Waals surface area contributed by atoms with E-state index in [9.17, 15) is 8.78 Å². The van der Waals surface area contributed by atoms with Gasteiger partial charge in [0.15, 0.2) is 0 Å². The molecule has 0 aromatic rings. The summed E-state index contributed by atoms with van der Waals surface area (Å²) in [5, 5.41) is 0. The highest BCUT2D eigenvalue weighted by molar-refractivity contribution is 5.07. The number of hydrogen-bond donors (Lipinski definition) is 0. The van der Waals surface area contributed by atoms with Crippen molar-refractivity contribution in [3.05, 3.63) is 0 Å². The molecular formula is C17H32F2N2. The Kier molecular flexibility index (Phi) is 5.30. The molecule has 0 saturated carbocycles. The van der Waals surface area contributed by atoms with Gasteiger partial charge in [0, 0.05) is 19.6 Å². The maximum atomic E-state index is 14.6. The first-order valence-electron chi connectivity index (χ1n) is 8.60. The van der Waals surface area contributed by atoms with E-state index in [-0.39, 0.29) is 6.54 Å². The van der Waals surface area contributed by atoms with E-state index in [4.69, 9.17) is 0 Å². The molecule has 0 aliphatic carbocycles. The molecule has 0 radical (unpaired) electrons. The van der Waals surface area contributed by atoms with Crippen LogP contribution in [0.25, 0.3) is 0 Å². The molecular weight excluding hydrogens is 270 g/mol. The van der Waals surface area contributed by atoms with Gasteiger partial charge >= 0.3 is 0 Å². The monoisotopic (exact) mass is 302 g/mol. The fourth-order valence-electron chi connectivity index (χ4n) is 3.73. The fourth-order valence-corrected chi connectivity index (χ4v) is 3.73. The molecule has 2 rings (SSSR count). The van der Waals surface area contributed by atoms with Crippen molar-refractivity contribution in [3.63, 3.8) is 0 Å². The summed E-state index contributed by atoms with van der Waals surface area (Å²) >= 11 is 0. The average Bonchev–Trinajstić information content (AvgIpc) is 2.35. The predicted molar refractivity (Wildman–Crippen MR) is 83.8 cm³/mol. The number of likely N-dealkylation sites (tertiary alicyclic amines) is 2. The van der Waals surface area contributed by atoms with Crippen molar-refractivity contribution < 1.29 is 8.78 Å². The largest absolute Gasteiger partial charge is 0.301 e. The summed E-state index contributed by atoms with van der Waals surface area (Å²) in [6, 6.07) is 0. The van der Waals surface area contributed by atoms with Gasteiger partial charge in [0.25, 0.3) is 5.92 Å². The third-order valence-electron chi connectivity index (χ3n) is 5.42. The molecule has 2 heterocycles. The number of hydrogen-bond acceptors (Lipinski definition) is 2. The van der Waals surface area contributed by atoms with E-state index in [1.54, 1.807) is 0 Å². The third-order valence-corrected chi connectivity index (χ3v) is 5.42. The second kappa shape index (κ2) is 6.49. The van der Waals surface area contributed by atoms with Crippen LogP contribution < -0.4 is 0 Å². The lowest BCUT2D eigenvalue weighted by Crippen LogP contribution is -2.70. The Bertz CT molecular complexity index is 338. The molecule has 2 aliphatic heterocycles. The molecule has 0 amide bonds. The molecule has 0 aromatic carbocycles. The van der Waals surface area contributed by atoms with Crippen LogP contribution >= 0.6 is 0 Å². The van der Waals surface area contributed by atoms with Gasteiger partial charge in [0.1, 0.15) is 0 Å². The molecule has 4 heteroatoms. The van der Waals surface area contributed by atoms with Crippen LogP contribution in [-0.2, 0) is 0 Å². The molecule has 1 atom stereocenters. The lowest BCUT2D eigenvalue weighted by atomic mass is 9.69. The van der Waals surface area contributed by atoms with Gasteiger partial charge in [0.2, 0.25) is 0 Å². The SMILES string of the molecule is CCC(C)CCN1CCC2(CN(CC(C)C)C2)C(F)(F)C1. The van der Waals surface area contributed by atoms with Crippen LogP contribution in [0.1, 0.15) is 47.0 Å². The number of nitrogens with zero attached hydrogens (tertiary/aromatic N) is 2. The van der Waals surface area contributed by atoms with E-state index in [0.717, 1.165) is 32.5 Å². The molecule has 2 fully saturated rings. The highest BCUT2D eigenvalue weighted by atomic mass is 19.3. The van der Waals surface area contributed by atoms with Crippen LogP contribution in [0.4, 0.5) is 8.78 Å². The van der Waals surface area contributed by atoms with E-state index in [1.807, 2.05) is 4.90 Å². The van der Waals surface area contributed by atoms with Crippen molar-refractivity contribution in [2.45, 2.75) is 52.9 Å². The van der Waals surface area contributed by atoms with E-state index < -0.39 is 11.3 Å². The molecule has 2 nitrogen and oxygen atoms in total. The lowest BCUT2D eigenvalue weighted by Gasteiger charge is -2.58. The minimum atomic E-state index is -2.52. The molecule has 2 aliphatic rings. The second-order valence-electron chi connectivity index (χ2n) is 7.88. The van der Waals surface area contributed by atoms with Gasteiger partial charge in [-0.2, -0.15) is 0 Å². The van der Waals surface area contributed by atoms with Gasteiger partial charge in [-0.15, -0.1) is 0 Å². The van der Waals surface area contributed by atoms with Crippen molar-refractivity contribution >= 4 is 0 Å². The average molecular weight is 302 g/mol. The van der Waals surface area contributed by atoms with E-state index in [2.05, 4.69) is 32.6 Å². The summed E-state index contributed by atoms with van der Waals surface area (Å²) in [5.74, 6) is -1.32. The molecule has 1 unspecified atom stereocenters. The molecule has 0 aromatic heterocycles. The zero-order valence-electron chi connectivity index (χ0n) is 14.2. The van der Waals surface area contributed by atoms with Gasteiger partial charge in [-0.05, 0) is 37.8 Å². The Hall–Kier alpha value is -0.220. The zero-order valence-corrected chi connectivity index (χ0v) is 14.2. The first-order chi connectivity index (χ1) is 9.78. The Balaban J connectivity index is 1.84. The quantitative estimate of drug-likeness (QED) is 0.738. The number of halogens is 2. The van der Waals surface area contributed by atoms with Gasteiger partial charge in [-0.1, -0.05) is 34.1 Å². The van der Waals surface area contributed by atoms with Crippen molar-refractivity contribution in [3.8, 4) is 0 Å². The maximum Gasteiger partial charge on any atom is 0.268 e. The van der Waals surface area contributed by atoms with Crippen LogP contribution in [0.5, 0.6) is 0 Å². The molecule has 0 bridgehead atoms. The van der Waals surface area contributed by atoms with Crippen molar-refractivity contribution in [2.75, 3.05) is 39.3 Å². The Morgan fingerprint density at radius 2 is 1.71 bits per heavy atom. The topological polar surface area (TPSA) is 6.48 Å². The summed E-state index contributed by atoms with van der Waals surface area (Å²) in [6.07, 6.45) is 2.84. The van der Waals surface area contributed by atoms with Crippen LogP contribution in [-0.4, -0.2) is 55.0 Å². The van der Waals surface area contributed by atoms with Crippen LogP contribution in [0, 0.1) is 17.3 Å². The normalized spacial score (nSPS) is 27.0. The minimum Gasteiger partial charge on any atom is -0.301 e. The first kappa shape index (κ1) is 17.1. The maximum absolute atomic E-state index is 14.6. The van der Waals surface area contributed by atoms with Crippen molar-refractivity contribution in [1.82, 2.24) is 9.80 Å².